The lowest BCUT2D eigenvalue weighted by molar-refractivity contribution is -0.121. The van der Waals surface area contributed by atoms with E-state index in [2.05, 4.69) is 17.5 Å². The molecule has 0 aromatic rings. The summed E-state index contributed by atoms with van der Waals surface area (Å²) in [5.41, 5.74) is 1.19. The monoisotopic (exact) mass is 280 g/mol. The van der Waals surface area contributed by atoms with Gasteiger partial charge < -0.3 is 15.5 Å². The zero-order valence-electron chi connectivity index (χ0n) is 11.8. The maximum Gasteiger partial charge on any atom is 0.156 e. The fourth-order valence-corrected chi connectivity index (χ4v) is 2.88. The van der Waals surface area contributed by atoms with Crippen molar-refractivity contribution in [1.82, 2.24) is 10.2 Å². The van der Waals surface area contributed by atoms with Gasteiger partial charge in [0, 0.05) is 37.7 Å². The van der Waals surface area contributed by atoms with E-state index in [9.17, 15) is 4.79 Å². The van der Waals surface area contributed by atoms with Gasteiger partial charge >= 0.3 is 0 Å². The highest BCUT2D eigenvalue weighted by Gasteiger charge is 2.32. The summed E-state index contributed by atoms with van der Waals surface area (Å²) in [5, 5.41) is 21.2. The summed E-state index contributed by atoms with van der Waals surface area (Å²) in [6, 6.07) is -0.0729. The van der Waals surface area contributed by atoms with Gasteiger partial charge in [0.15, 0.2) is 5.78 Å². The van der Waals surface area contributed by atoms with Crippen molar-refractivity contribution in [2.75, 3.05) is 32.8 Å². The molecule has 2 aliphatic rings. The van der Waals surface area contributed by atoms with Crippen LogP contribution in [0.15, 0.2) is 23.9 Å². The summed E-state index contributed by atoms with van der Waals surface area (Å²) in [7, 11) is 0. The van der Waals surface area contributed by atoms with E-state index in [1.165, 1.54) is 5.70 Å². The highest BCUT2D eigenvalue weighted by Crippen LogP contribution is 2.30. The Morgan fingerprint density at radius 3 is 2.70 bits per heavy atom. The average Bonchev–Trinajstić information content (AvgIpc) is 2.89. The van der Waals surface area contributed by atoms with Gasteiger partial charge in [-0.05, 0) is 18.9 Å². The molecule has 1 fully saturated rings. The van der Waals surface area contributed by atoms with E-state index < -0.39 is 0 Å². The topological polar surface area (TPSA) is 72.8 Å². The maximum atomic E-state index is 12.2. The number of fused-ring (bicyclic) bond motifs is 1. The lowest BCUT2D eigenvalue weighted by atomic mass is 9.94. The van der Waals surface area contributed by atoms with Crippen LogP contribution in [0.1, 0.15) is 19.3 Å². The number of aliphatic hydroxyl groups is 2. The number of hydrogen-bond acceptors (Lipinski definition) is 5. The van der Waals surface area contributed by atoms with Crippen LogP contribution in [0.2, 0.25) is 0 Å². The van der Waals surface area contributed by atoms with Crippen LogP contribution in [0.3, 0.4) is 0 Å². The third-order valence-electron chi connectivity index (χ3n) is 4.03. The second-order valence-corrected chi connectivity index (χ2v) is 5.42. The number of nitrogens with one attached hydrogen (secondary N) is 1. The van der Waals surface area contributed by atoms with Crippen molar-refractivity contribution in [3.05, 3.63) is 23.9 Å². The first kappa shape index (κ1) is 15.2. The van der Waals surface area contributed by atoms with Crippen molar-refractivity contribution in [1.29, 1.82) is 0 Å². The molecule has 5 nitrogen and oxygen atoms in total. The molecule has 2 atom stereocenters. The fourth-order valence-electron chi connectivity index (χ4n) is 2.88. The van der Waals surface area contributed by atoms with Crippen molar-refractivity contribution in [2.24, 2.45) is 5.92 Å². The van der Waals surface area contributed by atoms with Crippen LogP contribution < -0.4 is 5.32 Å². The molecule has 0 aromatic carbocycles. The molecule has 0 spiro atoms. The highest BCUT2D eigenvalue weighted by molar-refractivity contribution is 5.85. The molecular weight excluding hydrogens is 256 g/mol. The van der Waals surface area contributed by atoms with Gasteiger partial charge in [0.2, 0.25) is 0 Å². The summed E-state index contributed by atoms with van der Waals surface area (Å²) in [4.78, 5) is 14.2. The quantitative estimate of drug-likeness (QED) is 0.586. The second-order valence-electron chi connectivity index (χ2n) is 5.42. The second kappa shape index (κ2) is 7.57. The molecule has 1 aliphatic heterocycles. The number of carbonyl (C=O) groups is 1. The summed E-state index contributed by atoms with van der Waals surface area (Å²) < 4.78 is 0. The minimum absolute atomic E-state index is 0.0521. The first-order chi connectivity index (χ1) is 9.74. The van der Waals surface area contributed by atoms with E-state index in [1.54, 1.807) is 0 Å². The van der Waals surface area contributed by atoms with Gasteiger partial charge in [0.25, 0.3) is 0 Å². The molecule has 0 radical (unpaired) electrons. The summed E-state index contributed by atoms with van der Waals surface area (Å²) in [6.45, 7) is 1.71. The van der Waals surface area contributed by atoms with Crippen LogP contribution in [0.4, 0.5) is 0 Å². The van der Waals surface area contributed by atoms with Crippen molar-refractivity contribution in [3.8, 4) is 0 Å². The predicted molar refractivity (Wildman–Crippen MR) is 77.1 cm³/mol. The van der Waals surface area contributed by atoms with E-state index in [1.807, 2.05) is 11.0 Å². The van der Waals surface area contributed by atoms with Crippen LogP contribution in [-0.2, 0) is 4.79 Å². The van der Waals surface area contributed by atoms with Crippen LogP contribution in [0.5, 0.6) is 0 Å². The van der Waals surface area contributed by atoms with Gasteiger partial charge in [-0.15, -0.1) is 0 Å². The molecule has 0 bridgehead atoms. The Kier molecular flexibility index (Phi) is 5.76. The van der Waals surface area contributed by atoms with E-state index in [0.29, 0.717) is 32.0 Å². The Hall–Kier alpha value is -1.17. The SMILES string of the molecule is O=C(CCN(CCO)CCO)C1CC2CC=CC=C2N1. The molecular formula is C15H24N2O3. The molecule has 1 aliphatic carbocycles. The number of allylic oxidation sites excluding steroid dienone is 4. The molecule has 1 saturated heterocycles. The smallest absolute Gasteiger partial charge is 0.156 e. The van der Waals surface area contributed by atoms with Crippen molar-refractivity contribution in [3.63, 3.8) is 0 Å². The zero-order valence-corrected chi connectivity index (χ0v) is 11.8. The minimum atomic E-state index is -0.0729. The molecule has 2 unspecified atom stereocenters. The van der Waals surface area contributed by atoms with Gasteiger partial charge in [-0.1, -0.05) is 12.2 Å². The van der Waals surface area contributed by atoms with E-state index in [-0.39, 0.29) is 25.0 Å². The minimum Gasteiger partial charge on any atom is -0.395 e. The Balaban J connectivity index is 1.78. The fraction of sp³-hybridized carbons (Fsp3) is 0.667. The number of nitrogens with zero attached hydrogens (tertiary/aromatic N) is 1. The predicted octanol–water partition coefficient (Wildman–Crippen LogP) is 0.0541. The Labute approximate surface area is 120 Å². The molecule has 0 aromatic heterocycles. The number of hydrogen-bond donors (Lipinski definition) is 3. The maximum absolute atomic E-state index is 12.2. The highest BCUT2D eigenvalue weighted by atomic mass is 16.3. The van der Waals surface area contributed by atoms with Crippen LogP contribution in [0, 0.1) is 5.92 Å². The van der Waals surface area contributed by atoms with Crippen molar-refractivity contribution >= 4 is 5.78 Å². The average molecular weight is 280 g/mol. The molecule has 20 heavy (non-hydrogen) atoms. The number of Topliss-reactive ketones (excluding diaryl/α,β-unsaturated/α-hetero) is 1. The van der Waals surface area contributed by atoms with Crippen LogP contribution >= 0.6 is 0 Å². The largest absolute Gasteiger partial charge is 0.395 e. The molecule has 3 N–H and O–H groups in total. The third-order valence-corrected chi connectivity index (χ3v) is 4.03. The molecule has 1 heterocycles. The first-order valence-corrected chi connectivity index (χ1v) is 7.34. The lowest BCUT2D eigenvalue weighted by Gasteiger charge is -2.20. The molecule has 2 rings (SSSR count). The number of carbonyl (C=O) groups excluding carboxylic acids is 1. The molecule has 5 heteroatoms. The Bertz CT molecular complexity index is 387. The summed E-state index contributed by atoms with van der Waals surface area (Å²) in [6.07, 6.45) is 8.61. The van der Waals surface area contributed by atoms with E-state index in [0.717, 1.165) is 12.8 Å². The van der Waals surface area contributed by atoms with Crippen molar-refractivity contribution < 1.29 is 15.0 Å². The van der Waals surface area contributed by atoms with Gasteiger partial charge in [-0.25, -0.2) is 0 Å². The standard InChI is InChI=1S/C15H24N2O3/c18-9-7-17(8-10-19)6-5-15(20)14-11-12-3-1-2-4-13(12)16-14/h1-2,4,12,14,16,18-19H,3,5-11H2. The summed E-state index contributed by atoms with van der Waals surface area (Å²) in [5.74, 6) is 0.695. The zero-order chi connectivity index (χ0) is 14.4. The Morgan fingerprint density at radius 1 is 1.30 bits per heavy atom. The molecule has 0 amide bonds. The van der Waals surface area contributed by atoms with Gasteiger partial charge in [0.05, 0.1) is 19.3 Å². The Morgan fingerprint density at radius 2 is 2.05 bits per heavy atom. The van der Waals surface area contributed by atoms with Crippen LogP contribution in [0.25, 0.3) is 0 Å². The van der Waals surface area contributed by atoms with Gasteiger partial charge in [-0.3, -0.25) is 9.69 Å². The first-order valence-electron chi connectivity index (χ1n) is 7.34. The lowest BCUT2D eigenvalue weighted by Crippen LogP contribution is -2.36. The van der Waals surface area contributed by atoms with Crippen LogP contribution in [-0.4, -0.2) is 59.8 Å². The number of ketones is 1. The molecule has 112 valence electrons. The summed E-state index contributed by atoms with van der Waals surface area (Å²) >= 11 is 0. The third kappa shape index (κ3) is 3.91. The molecule has 0 saturated carbocycles. The normalized spacial score (nSPS) is 24.4. The van der Waals surface area contributed by atoms with Gasteiger partial charge in [0.1, 0.15) is 0 Å². The number of rotatable bonds is 8. The van der Waals surface area contributed by atoms with E-state index >= 15 is 0 Å². The van der Waals surface area contributed by atoms with E-state index in [4.69, 9.17) is 10.2 Å². The number of aliphatic hydroxyl groups excluding tert-OH is 2. The van der Waals surface area contributed by atoms with Gasteiger partial charge in [-0.2, -0.15) is 0 Å². The van der Waals surface area contributed by atoms with Crippen molar-refractivity contribution in [2.45, 2.75) is 25.3 Å².